The lowest BCUT2D eigenvalue weighted by Crippen LogP contribution is -2.53. The first-order chi connectivity index (χ1) is 25.1. The van der Waals surface area contributed by atoms with E-state index in [9.17, 15) is 14.8 Å². The summed E-state index contributed by atoms with van der Waals surface area (Å²) in [6, 6.07) is 14.7. The summed E-state index contributed by atoms with van der Waals surface area (Å²) in [5.74, 6) is 0.618. The molecular weight excluding hydrogens is 732 g/mol. The van der Waals surface area contributed by atoms with Crippen LogP contribution in [0.15, 0.2) is 67.0 Å². The molecule has 274 valence electrons. The molecule has 3 aliphatic heterocycles. The maximum absolute atomic E-state index is 15.1. The van der Waals surface area contributed by atoms with Gasteiger partial charge in [0.15, 0.2) is 23.9 Å². The molecule has 14 heteroatoms. The van der Waals surface area contributed by atoms with Crippen LogP contribution in [0.25, 0.3) is 0 Å². The van der Waals surface area contributed by atoms with E-state index in [1.165, 1.54) is 29.4 Å². The number of hydrogen-bond acceptors (Lipinski definition) is 9. The summed E-state index contributed by atoms with van der Waals surface area (Å²) >= 11 is 14.0. The number of aromatic nitrogens is 1. The fraction of sp³-hybridized carbons (Fsp3) is 0.395. The van der Waals surface area contributed by atoms with Crippen LogP contribution in [0.5, 0.6) is 11.5 Å². The summed E-state index contributed by atoms with van der Waals surface area (Å²) in [6.45, 7) is 3.16. The molecule has 2 atom stereocenters. The first-order valence-corrected chi connectivity index (χ1v) is 18.8. The molecule has 5 heterocycles. The molecule has 4 aliphatic rings. The Kier molecular flexibility index (Phi) is 11.1. The van der Waals surface area contributed by atoms with E-state index < -0.39 is 24.0 Å². The van der Waals surface area contributed by atoms with Gasteiger partial charge in [0.1, 0.15) is 32.9 Å². The van der Waals surface area contributed by atoms with Crippen LogP contribution in [-0.4, -0.2) is 56.4 Å². The number of halogens is 3. The van der Waals surface area contributed by atoms with Crippen LogP contribution in [0.1, 0.15) is 57.5 Å². The number of nitrogens with zero attached hydrogens (tertiary/aromatic N) is 3. The molecule has 1 aliphatic carbocycles. The number of pyridine rings is 1. The molecule has 0 spiro atoms. The first-order valence-electron chi connectivity index (χ1n) is 17.3. The quantitative estimate of drug-likeness (QED) is 0.0766. The maximum atomic E-state index is 15.1. The monoisotopic (exact) mass is 769 g/mol. The number of hydrogen-bond donors (Lipinski definition) is 0. The molecule has 0 N–H and O–H groups in total. The van der Waals surface area contributed by atoms with Crippen LogP contribution >= 0.6 is 34.5 Å². The molecular formula is C38H38Cl2FN3O7S. The highest BCUT2D eigenvalue weighted by Crippen LogP contribution is 2.38. The van der Waals surface area contributed by atoms with E-state index in [1.54, 1.807) is 49.6 Å². The highest BCUT2D eigenvalue weighted by atomic mass is 35.5. The maximum Gasteiger partial charge on any atom is 0.415 e. The zero-order valence-electron chi connectivity index (χ0n) is 28.5. The number of piperidine rings is 3. The van der Waals surface area contributed by atoms with Gasteiger partial charge in [-0.1, -0.05) is 41.4 Å². The molecule has 52 heavy (non-hydrogen) atoms. The lowest BCUT2D eigenvalue weighted by atomic mass is 9.86. The van der Waals surface area contributed by atoms with Crippen molar-refractivity contribution >= 4 is 52.3 Å². The second kappa shape index (κ2) is 15.9. The van der Waals surface area contributed by atoms with Crippen molar-refractivity contribution in [3.63, 3.8) is 0 Å². The fourth-order valence-corrected chi connectivity index (χ4v) is 8.19. The van der Waals surface area contributed by atoms with Gasteiger partial charge >= 0.3 is 12.1 Å². The largest absolute Gasteiger partial charge is 0.619 e. The highest BCUT2D eigenvalue weighted by molar-refractivity contribution is 7.14. The third-order valence-electron chi connectivity index (χ3n) is 9.82. The number of rotatable bonds is 13. The van der Waals surface area contributed by atoms with Crippen molar-refractivity contribution in [3.8, 4) is 11.5 Å². The third-order valence-corrected chi connectivity index (χ3v) is 11.5. The minimum absolute atomic E-state index is 0.0210. The lowest BCUT2D eigenvalue weighted by Gasteiger charge is -2.44. The van der Waals surface area contributed by atoms with Crippen molar-refractivity contribution in [2.45, 2.75) is 50.9 Å². The number of thiophene rings is 1. The third kappa shape index (κ3) is 8.41. The first kappa shape index (κ1) is 36.3. The van der Waals surface area contributed by atoms with Gasteiger partial charge in [-0.05, 0) is 92.6 Å². The van der Waals surface area contributed by atoms with Crippen LogP contribution in [0.2, 0.25) is 10.0 Å². The molecule has 4 aromatic rings. The molecule has 0 radical (unpaired) electrons. The van der Waals surface area contributed by atoms with E-state index >= 15 is 4.39 Å². The number of methoxy groups -OCH3 is 1. The van der Waals surface area contributed by atoms with Crippen molar-refractivity contribution in [1.82, 2.24) is 4.90 Å². The average molecular weight is 771 g/mol. The average Bonchev–Trinajstić information content (AvgIpc) is 3.85. The van der Waals surface area contributed by atoms with Crippen LogP contribution in [-0.2, 0) is 22.4 Å². The lowest BCUT2D eigenvalue weighted by molar-refractivity contribution is -0.605. The van der Waals surface area contributed by atoms with E-state index in [2.05, 4.69) is 4.90 Å². The molecule has 1 saturated carbocycles. The van der Waals surface area contributed by atoms with E-state index in [0.29, 0.717) is 51.3 Å². The highest BCUT2D eigenvalue weighted by Gasteiger charge is 2.38. The van der Waals surface area contributed by atoms with E-state index in [-0.39, 0.29) is 45.6 Å². The Morgan fingerprint density at radius 3 is 2.46 bits per heavy atom. The standard InChI is InChI=1S/C38H38Cl2FN3O7S/c1-48-32-10-8-25(16-34(32)49-22-23-6-7-23)33(17-27-28(39)19-43(47)20-29(27)40)50-37(45)36-11-9-26(52-36)18-44(31-5-3-2-4-30(31)41)38(46)51-35-21-42-14-12-24(35)13-15-42/h2-5,8-11,16,19-20,23-24,33,35H,6-7,12-15,17-18,21-22H2,1H3/t33?,35-/m0/s1. The molecule has 1 unspecified atom stereocenters. The Hall–Kier alpha value is -4.10. The van der Waals surface area contributed by atoms with Crippen LogP contribution in [0.4, 0.5) is 14.9 Å². The molecule has 3 saturated heterocycles. The summed E-state index contributed by atoms with van der Waals surface area (Å²) in [5.41, 5.74) is 1.11. The van der Waals surface area contributed by atoms with Gasteiger partial charge in [-0.2, -0.15) is 4.73 Å². The molecule has 4 fully saturated rings. The zero-order chi connectivity index (χ0) is 36.4. The number of ether oxygens (including phenoxy) is 4. The fourth-order valence-electron chi connectivity index (χ4n) is 6.71. The van der Waals surface area contributed by atoms with Crippen molar-refractivity contribution < 1.29 is 37.7 Å². The van der Waals surface area contributed by atoms with Gasteiger partial charge in [-0.25, -0.2) is 14.0 Å². The van der Waals surface area contributed by atoms with Crippen molar-refractivity contribution in [2.24, 2.45) is 11.8 Å². The number of esters is 1. The predicted octanol–water partition coefficient (Wildman–Crippen LogP) is 8.00. The summed E-state index contributed by atoms with van der Waals surface area (Å²) in [5, 5.41) is 12.2. The van der Waals surface area contributed by atoms with Crippen molar-refractivity contribution in [3.05, 3.63) is 109 Å². The molecule has 1 amide bonds. The number of carbonyl (C=O) groups is 2. The van der Waals surface area contributed by atoms with Gasteiger partial charge in [-0.3, -0.25) is 9.80 Å². The molecule has 2 aromatic carbocycles. The topological polar surface area (TPSA) is 104 Å². The molecule has 10 nitrogen and oxygen atoms in total. The Bertz CT molecular complexity index is 1910. The van der Waals surface area contributed by atoms with Crippen LogP contribution in [0.3, 0.4) is 0 Å². The number of para-hydroxylation sites is 1. The Morgan fingerprint density at radius 1 is 1.04 bits per heavy atom. The van der Waals surface area contributed by atoms with Gasteiger partial charge in [-0.15, -0.1) is 11.3 Å². The summed E-state index contributed by atoms with van der Waals surface area (Å²) in [7, 11) is 1.55. The number of carbonyl (C=O) groups excluding carboxylic acids is 2. The smallest absolute Gasteiger partial charge is 0.415 e. The van der Waals surface area contributed by atoms with Gasteiger partial charge in [0, 0.05) is 23.4 Å². The predicted molar refractivity (Wildman–Crippen MR) is 195 cm³/mol. The van der Waals surface area contributed by atoms with Crippen LogP contribution in [0, 0.1) is 22.9 Å². The molecule has 2 aromatic heterocycles. The second-order valence-electron chi connectivity index (χ2n) is 13.4. The van der Waals surface area contributed by atoms with E-state index in [0.717, 1.165) is 50.1 Å². The summed E-state index contributed by atoms with van der Waals surface area (Å²) in [6.07, 6.45) is 4.77. The SMILES string of the molecule is COc1ccc(C(Cc2c(Cl)c[n+]([O-])cc2Cl)OC(=O)c2ccc(CN(C(=O)O[C@H]3CN4CCC3CC4)c3ccccc3F)s2)cc1OCC1CC1. The number of amides is 1. The Morgan fingerprint density at radius 2 is 1.79 bits per heavy atom. The Labute approximate surface area is 315 Å². The molecule has 2 bridgehead atoms. The second-order valence-corrected chi connectivity index (χ2v) is 15.4. The normalized spacial score (nSPS) is 19.9. The number of benzene rings is 2. The van der Waals surface area contributed by atoms with Crippen molar-refractivity contribution in [2.75, 3.05) is 38.3 Å². The van der Waals surface area contributed by atoms with Crippen LogP contribution < -0.4 is 19.1 Å². The zero-order valence-corrected chi connectivity index (χ0v) is 30.8. The Balaban J connectivity index is 1.12. The van der Waals surface area contributed by atoms with E-state index in [1.807, 2.05) is 0 Å². The van der Waals surface area contributed by atoms with E-state index in [4.69, 9.17) is 42.1 Å². The number of fused-ring (bicyclic) bond motifs is 3. The van der Waals surface area contributed by atoms with Gasteiger partial charge in [0.05, 0.1) is 25.9 Å². The van der Waals surface area contributed by atoms with Gasteiger partial charge in [0.25, 0.3) is 0 Å². The molecule has 8 rings (SSSR count). The van der Waals surface area contributed by atoms with Gasteiger partial charge in [0.2, 0.25) is 0 Å². The van der Waals surface area contributed by atoms with Crippen molar-refractivity contribution in [1.29, 1.82) is 0 Å². The number of anilines is 1. The minimum Gasteiger partial charge on any atom is -0.619 e. The summed E-state index contributed by atoms with van der Waals surface area (Å²) in [4.78, 5) is 31.9. The minimum atomic E-state index is -0.892. The summed E-state index contributed by atoms with van der Waals surface area (Å²) < 4.78 is 39.4. The van der Waals surface area contributed by atoms with Gasteiger partial charge < -0.3 is 24.2 Å².